The maximum Gasteiger partial charge on any atom is 0.328 e. The SMILES string of the molecule is COC(=O)C(Nc1ccccc1OC)C1CCOCC1. The highest BCUT2D eigenvalue weighted by molar-refractivity contribution is 5.80. The number of esters is 1. The van der Waals surface area contributed by atoms with Crippen molar-refractivity contribution in [3.8, 4) is 5.75 Å². The van der Waals surface area contributed by atoms with E-state index < -0.39 is 0 Å². The molecule has 1 aromatic carbocycles. The molecule has 1 aliphatic rings. The number of carbonyl (C=O) groups excluding carboxylic acids is 1. The van der Waals surface area contributed by atoms with Crippen molar-refractivity contribution >= 4 is 11.7 Å². The van der Waals surface area contributed by atoms with E-state index in [-0.39, 0.29) is 17.9 Å². The van der Waals surface area contributed by atoms with Crippen LogP contribution in [0.15, 0.2) is 24.3 Å². The Morgan fingerprint density at radius 1 is 1.30 bits per heavy atom. The summed E-state index contributed by atoms with van der Waals surface area (Å²) in [5.41, 5.74) is 0.803. The van der Waals surface area contributed by atoms with Crippen LogP contribution in [0, 0.1) is 5.92 Å². The van der Waals surface area contributed by atoms with Gasteiger partial charge in [0.1, 0.15) is 11.8 Å². The molecule has 20 heavy (non-hydrogen) atoms. The normalized spacial score (nSPS) is 17.3. The highest BCUT2D eigenvalue weighted by atomic mass is 16.5. The van der Waals surface area contributed by atoms with Gasteiger partial charge >= 0.3 is 5.97 Å². The number of benzene rings is 1. The molecule has 5 heteroatoms. The van der Waals surface area contributed by atoms with E-state index in [0.29, 0.717) is 19.0 Å². The number of para-hydroxylation sites is 2. The number of nitrogens with one attached hydrogen (secondary N) is 1. The Kier molecular flexibility index (Phi) is 5.24. The van der Waals surface area contributed by atoms with E-state index in [2.05, 4.69) is 5.32 Å². The maximum absolute atomic E-state index is 12.0. The van der Waals surface area contributed by atoms with Crippen molar-refractivity contribution in [3.05, 3.63) is 24.3 Å². The van der Waals surface area contributed by atoms with Crippen molar-refractivity contribution in [1.29, 1.82) is 0 Å². The van der Waals surface area contributed by atoms with Crippen LogP contribution < -0.4 is 10.1 Å². The fourth-order valence-corrected chi connectivity index (χ4v) is 2.48. The number of rotatable bonds is 5. The summed E-state index contributed by atoms with van der Waals surface area (Å²) in [6.07, 6.45) is 1.70. The van der Waals surface area contributed by atoms with Crippen molar-refractivity contribution in [2.24, 2.45) is 5.92 Å². The number of hydrogen-bond acceptors (Lipinski definition) is 5. The fourth-order valence-electron chi connectivity index (χ4n) is 2.48. The van der Waals surface area contributed by atoms with E-state index in [1.54, 1.807) is 7.11 Å². The minimum absolute atomic E-state index is 0.209. The first-order valence-electron chi connectivity index (χ1n) is 6.81. The van der Waals surface area contributed by atoms with Crippen LogP contribution in [0.2, 0.25) is 0 Å². The number of methoxy groups -OCH3 is 2. The van der Waals surface area contributed by atoms with Crippen LogP contribution in [0.5, 0.6) is 5.75 Å². The molecule has 0 spiro atoms. The van der Waals surface area contributed by atoms with Gasteiger partial charge in [0.05, 0.1) is 19.9 Å². The van der Waals surface area contributed by atoms with E-state index >= 15 is 0 Å². The van der Waals surface area contributed by atoms with E-state index in [0.717, 1.165) is 18.5 Å². The van der Waals surface area contributed by atoms with Crippen LogP contribution in [-0.2, 0) is 14.3 Å². The van der Waals surface area contributed by atoms with Crippen molar-refractivity contribution in [1.82, 2.24) is 0 Å². The Bertz CT molecular complexity index is 443. The third-order valence-electron chi connectivity index (χ3n) is 3.61. The first kappa shape index (κ1) is 14.7. The quantitative estimate of drug-likeness (QED) is 0.836. The molecular weight excluding hydrogens is 258 g/mol. The average Bonchev–Trinajstić information content (AvgIpc) is 2.53. The third kappa shape index (κ3) is 3.42. The van der Waals surface area contributed by atoms with Crippen molar-refractivity contribution in [2.75, 3.05) is 32.8 Å². The van der Waals surface area contributed by atoms with Gasteiger partial charge in [0.2, 0.25) is 0 Å². The standard InChI is InChI=1S/C15H21NO4/c1-18-13-6-4-3-5-12(13)16-14(15(17)19-2)11-7-9-20-10-8-11/h3-6,11,14,16H,7-10H2,1-2H3. The first-order valence-corrected chi connectivity index (χ1v) is 6.81. The molecule has 0 bridgehead atoms. The smallest absolute Gasteiger partial charge is 0.328 e. The number of ether oxygens (including phenoxy) is 3. The lowest BCUT2D eigenvalue weighted by molar-refractivity contribution is -0.143. The Morgan fingerprint density at radius 3 is 2.65 bits per heavy atom. The topological polar surface area (TPSA) is 56.8 Å². The van der Waals surface area contributed by atoms with Gasteiger partial charge in [-0.15, -0.1) is 0 Å². The summed E-state index contributed by atoms with van der Waals surface area (Å²) in [4.78, 5) is 12.0. The second kappa shape index (κ2) is 7.14. The highest BCUT2D eigenvalue weighted by Crippen LogP contribution is 2.28. The van der Waals surface area contributed by atoms with Crippen LogP contribution in [0.1, 0.15) is 12.8 Å². The molecule has 1 heterocycles. The molecule has 0 aliphatic carbocycles. The number of carbonyl (C=O) groups is 1. The van der Waals surface area contributed by atoms with Gasteiger partial charge in [-0.3, -0.25) is 0 Å². The summed E-state index contributed by atoms with van der Waals surface area (Å²) >= 11 is 0. The van der Waals surface area contributed by atoms with Crippen LogP contribution in [0.4, 0.5) is 5.69 Å². The highest BCUT2D eigenvalue weighted by Gasteiger charge is 2.31. The third-order valence-corrected chi connectivity index (χ3v) is 3.61. The fraction of sp³-hybridized carbons (Fsp3) is 0.533. The molecule has 1 unspecified atom stereocenters. The summed E-state index contributed by atoms with van der Waals surface area (Å²) in [5, 5.41) is 3.26. The minimum atomic E-state index is -0.375. The molecule has 1 aromatic rings. The van der Waals surface area contributed by atoms with Crippen molar-refractivity contribution in [3.63, 3.8) is 0 Å². The molecule has 1 saturated heterocycles. The van der Waals surface area contributed by atoms with Gasteiger partial charge in [0.25, 0.3) is 0 Å². The Hall–Kier alpha value is -1.75. The second-order valence-corrected chi connectivity index (χ2v) is 4.80. The molecule has 0 saturated carbocycles. The zero-order chi connectivity index (χ0) is 14.4. The lowest BCUT2D eigenvalue weighted by Gasteiger charge is -2.30. The lowest BCUT2D eigenvalue weighted by atomic mass is 9.91. The first-order chi connectivity index (χ1) is 9.76. The molecule has 2 rings (SSSR count). The predicted molar refractivity (Wildman–Crippen MR) is 76.0 cm³/mol. The predicted octanol–water partition coefficient (Wildman–Crippen LogP) is 2.08. The molecule has 110 valence electrons. The summed E-state index contributed by atoms with van der Waals surface area (Å²) in [5.74, 6) is 0.678. The molecular formula is C15H21NO4. The van der Waals surface area contributed by atoms with Gasteiger partial charge in [-0.1, -0.05) is 12.1 Å². The lowest BCUT2D eigenvalue weighted by Crippen LogP contribution is -2.40. The van der Waals surface area contributed by atoms with Gasteiger partial charge in [0.15, 0.2) is 0 Å². The molecule has 5 nitrogen and oxygen atoms in total. The van der Waals surface area contributed by atoms with Crippen LogP contribution in [0.25, 0.3) is 0 Å². The molecule has 1 fully saturated rings. The van der Waals surface area contributed by atoms with Gasteiger partial charge in [-0.05, 0) is 30.9 Å². The number of anilines is 1. The summed E-state index contributed by atoms with van der Waals surface area (Å²) in [7, 11) is 3.03. The Labute approximate surface area is 119 Å². The van der Waals surface area contributed by atoms with E-state index in [1.807, 2.05) is 24.3 Å². The number of hydrogen-bond donors (Lipinski definition) is 1. The second-order valence-electron chi connectivity index (χ2n) is 4.80. The monoisotopic (exact) mass is 279 g/mol. The summed E-state index contributed by atoms with van der Waals surface area (Å²) < 4.78 is 15.6. The van der Waals surface area contributed by atoms with Gasteiger partial charge in [-0.25, -0.2) is 4.79 Å². The zero-order valence-corrected chi connectivity index (χ0v) is 11.9. The summed E-state index contributed by atoms with van der Waals surface area (Å²) in [6, 6.07) is 7.18. The molecule has 0 radical (unpaired) electrons. The van der Waals surface area contributed by atoms with E-state index in [4.69, 9.17) is 14.2 Å². The van der Waals surface area contributed by atoms with Crippen LogP contribution in [-0.4, -0.2) is 39.4 Å². The largest absolute Gasteiger partial charge is 0.495 e. The molecule has 0 aromatic heterocycles. The van der Waals surface area contributed by atoms with Gasteiger partial charge < -0.3 is 19.5 Å². The van der Waals surface area contributed by atoms with Crippen molar-refractivity contribution < 1.29 is 19.0 Å². The Balaban J connectivity index is 2.16. The molecule has 1 N–H and O–H groups in total. The Morgan fingerprint density at radius 2 is 2.00 bits per heavy atom. The molecule has 1 atom stereocenters. The molecule has 0 amide bonds. The zero-order valence-electron chi connectivity index (χ0n) is 11.9. The van der Waals surface area contributed by atoms with Crippen LogP contribution in [0.3, 0.4) is 0 Å². The van der Waals surface area contributed by atoms with Gasteiger partial charge in [0, 0.05) is 13.2 Å². The minimum Gasteiger partial charge on any atom is -0.495 e. The van der Waals surface area contributed by atoms with Crippen LogP contribution >= 0.6 is 0 Å². The van der Waals surface area contributed by atoms with Crippen molar-refractivity contribution in [2.45, 2.75) is 18.9 Å². The van der Waals surface area contributed by atoms with E-state index in [9.17, 15) is 4.79 Å². The molecule has 1 aliphatic heterocycles. The maximum atomic E-state index is 12.0. The average molecular weight is 279 g/mol. The summed E-state index contributed by atoms with van der Waals surface area (Å²) in [6.45, 7) is 1.37. The van der Waals surface area contributed by atoms with E-state index in [1.165, 1.54) is 7.11 Å². The van der Waals surface area contributed by atoms with Gasteiger partial charge in [-0.2, -0.15) is 0 Å².